The van der Waals surface area contributed by atoms with Gasteiger partial charge in [-0.15, -0.1) is 0 Å². The summed E-state index contributed by atoms with van der Waals surface area (Å²) in [7, 11) is 0. The van der Waals surface area contributed by atoms with Gasteiger partial charge in [-0.1, -0.05) is 26.0 Å². The first kappa shape index (κ1) is 15.3. The van der Waals surface area contributed by atoms with E-state index < -0.39 is 0 Å². The molecule has 3 heteroatoms. The minimum atomic E-state index is 0.0897. The van der Waals surface area contributed by atoms with Crippen LogP contribution < -0.4 is 10.5 Å². The monoisotopic (exact) mass is 276 g/mol. The highest BCUT2D eigenvalue weighted by Gasteiger charge is 2.26. The van der Waals surface area contributed by atoms with Gasteiger partial charge in [0.05, 0.1) is 6.61 Å². The summed E-state index contributed by atoms with van der Waals surface area (Å²) in [6.45, 7) is 10.7. The predicted molar refractivity (Wildman–Crippen MR) is 84.0 cm³/mol. The first-order valence-electron chi connectivity index (χ1n) is 7.71. The van der Waals surface area contributed by atoms with Gasteiger partial charge in [0, 0.05) is 12.6 Å². The van der Waals surface area contributed by atoms with Gasteiger partial charge in [-0.3, -0.25) is 0 Å². The lowest BCUT2D eigenvalue weighted by atomic mass is 9.82. The number of ether oxygens (including phenoxy) is 1. The van der Waals surface area contributed by atoms with Crippen molar-refractivity contribution in [3.8, 4) is 5.75 Å². The van der Waals surface area contributed by atoms with E-state index >= 15 is 0 Å². The van der Waals surface area contributed by atoms with Crippen LogP contribution in [0.5, 0.6) is 5.75 Å². The number of likely N-dealkylation sites (tertiary alicyclic amines) is 1. The van der Waals surface area contributed by atoms with E-state index in [4.69, 9.17) is 10.5 Å². The third-order valence-electron chi connectivity index (χ3n) is 4.28. The Balaban J connectivity index is 1.87. The van der Waals surface area contributed by atoms with Gasteiger partial charge >= 0.3 is 0 Å². The standard InChI is InChI=1S/C17H28N2O/c1-4-20-15-7-5-14(6-8-15)16(18)13-19-11-9-17(2,3)10-12-19/h5-8,16H,4,9-13,18H2,1-3H3. The highest BCUT2D eigenvalue weighted by Crippen LogP contribution is 2.30. The highest BCUT2D eigenvalue weighted by atomic mass is 16.5. The molecule has 0 spiro atoms. The van der Waals surface area contributed by atoms with Gasteiger partial charge in [-0.05, 0) is 56.0 Å². The van der Waals surface area contributed by atoms with Gasteiger partial charge in [-0.2, -0.15) is 0 Å². The van der Waals surface area contributed by atoms with E-state index in [-0.39, 0.29) is 6.04 Å². The molecule has 0 saturated carbocycles. The van der Waals surface area contributed by atoms with Gasteiger partial charge in [0.25, 0.3) is 0 Å². The Kier molecular flexibility index (Phi) is 5.06. The molecule has 1 aromatic carbocycles. The minimum Gasteiger partial charge on any atom is -0.494 e. The van der Waals surface area contributed by atoms with Crippen LogP contribution in [0.25, 0.3) is 0 Å². The Bertz CT molecular complexity index is 404. The summed E-state index contributed by atoms with van der Waals surface area (Å²) in [6, 6.07) is 8.29. The molecule has 0 amide bonds. The van der Waals surface area contributed by atoms with Gasteiger partial charge in [0.2, 0.25) is 0 Å². The fraction of sp³-hybridized carbons (Fsp3) is 0.647. The summed E-state index contributed by atoms with van der Waals surface area (Å²) in [5, 5.41) is 0. The van der Waals surface area contributed by atoms with Crippen LogP contribution in [0, 0.1) is 5.41 Å². The fourth-order valence-electron chi connectivity index (χ4n) is 2.70. The summed E-state index contributed by atoms with van der Waals surface area (Å²) in [4.78, 5) is 2.49. The summed E-state index contributed by atoms with van der Waals surface area (Å²) in [5.74, 6) is 0.920. The van der Waals surface area contributed by atoms with E-state index in [1.807, 2.05) is 19.1 Å². The molecule has 112 valence electrons. The molecule has 0 aliphatic carbocycles. The number of hydrogen-bond donors (Lipinski definition) is 1. The molecule has 1 unspecified atom stereocenters. The molecule has 1 heterocycles. The van der Waals surface area contributed by atoms with Gasteiger partial charge in [0.15, 0.2) is 0 Å². The molecule has 0 radical (unpaired) electrons. The summed E-state index contributed by atoms with van der Waals surface area (Å²) < 4.78 is 5.46. The average molecular weight is 276 g/mol. The fourth-order valence-corrected chi connectivity index (χ4v) is 2.70. The van der Waals surface area contributed by atoms with E-state index in [0.717, 1.165) is 25.4 Å². The van der Waals surface area contributed by atoms with Crippen molar-refractivity contribution >= 4 is 0 Å². The van der Waals surface area contributed by atoms with Gasteiger partial charge in [-0.25, -0.2) is 0 Å². The molecule has 20 heavy (non-hydrogen) atoms. The normalized spacial score (nSPS) is 20.6. The molecule has 1 fully saturated rings. The SMILES string of the molecule is CCOc1ccc(C(N)CN2CCC(C)(C)CC2)cc1. The van der Waals surface area contributed by atoms with Crippen molar-refractivity contribution in [1.82, 2.24) is 4.90 Å². The maximum atomic E-state index is 6.33. The molecule has 2 N–H and O–H groups in total. The zero-order valence-corrected chi connectivity index (χ0v) is 13.1. The predicted octanol–water partition coefficient (Wildman–Crippen LogP) is 3.21. The van der Waals surface area contributed by atoms with Crippen LogP contribution in [-0.4, -0.2) is 31.1 Å². The summed E-state index contributed by atoms with van der Waals surface area (Å²) >= 11 is 0. The Morgan fingerprint density at radius 2 is 1.80 bits per heavy atom. The smallest absolute Gasteiger partial charge is 0.119 e. The molecular formula is C17H28N2O. The second-order valence-corrected chi connectivity index (χ2v) is 6.57. The Labute approximate surface area is 123 Å². The lowest BCUT2D eigenvalue weighted by Gasteiger charge is -2.38. The maximum Gasteiger partial charge on any atom is 0.119 e. The van der Waals surface area contributed by atoms with E-state index in [0.29, 0.717) is 12.0 Å². The first-order chi connectivity index (χ1) is 9.50. The van der Waals surface area contributed by atoms with Crippen molar-refractivity contribution in [3.05, 3.63) is 29.8 Å². The topological polar surface area (TPSA) is 38.5 Å². The largest absolute Gasteiger partial charge is 0.494 e. The molecular weight excluding hydrogens is 248 g/mol. The van der Waals surface area contributed by atoms with E-state index in [2.05, 4.69) is 30.9 Å². The van der Waals surface area contributed by atoms with Crippen LogP contribution in [0.4, 0.5) is 0 Å². The molecule has 3 nitrogen and oxygen atoms in total. The van der Waals surface area contributed by atoms with Crippen LogP contribution in [0.1, 0.15) is 45.2 Å². The highest BCUT2D eigenvalue weighted by molar-refractivity contribution is 5.29. The molecule has 1 aliphatic rings. The Hall–Kier alpha value is -1.06. The van der Waals surface area contributed by atoms with Crippen molar-refractivity contribution in [2.45, 2.75) is 39.7 Å². The Morgan fingerprint density at radius 3 is 2.35 bits per heavy atom. The molecule has 0 aromatic heterocycles. The number of nitrogens with zero attached hydrogens (tertiary/aromatic N) is 1. The molecule has 1 aromatic rings. The van der Waals surface area contributed by atoms with Crippen molar-refractivity contribution in [2.75, 3.05) is 26.2 Å². The average Bonchev–Trinajstić information content (AvgIpc) is 2.42. The van der Waals surface area contributed by atoms with Gasteiger partial charge < -0.3 is 15.4 Å². The summed E-state index contributed by atoms with van der Waals surface area (Å²) in [6.07, 6.45) is 2.53. The van der Waals surface area contributed by atoms with Crippen LogP contribution in [-0.2, 0) is 0 Å². The second-order valence-electron chi connectivity index (χ2n) is 6.57. The van der Waals surface area contributed by atoms with Crippen LogP contribution in [0.3, 0.4) is 0 Å². The van der Waals surface area contributed by atoms with E-state index in [1.165, 1.54) is 18.4 Å². The zero-order chi connectivity index (χ0) is 14.6. The summed E-state index contributed by atoms with van der Waals surface area (Å²) in [5.41, 5.74) is 8.03. The quantitative estimate of drug-likeness (QED) is 0.897. The van der Waals surface area contributed by atoms with Crippen LogP contribution in [0.2, 0.25) is 0 Å². The maximum absolute atomic E-state index is 6.33. The van der Waals surface area contributed by atoms with Crippen molar-refractivity contribution in [2.24, 2.45) is 11.1 Å². The second kappa shape index (κ2) is 6.59. The molecule has 0 bridgehead atoms. The zero-order valence-electron chi connectivity index (χ0n) is 13.1. The van der Waals surface area contributed by atoms with Crippen LogP contribution >= 0.6 is 0 Å². The number of benzene rings is 1. The number of hydrogen-bond acceptors (Lipinski definition) is 3. The van der Waals surface area contributed by atoms with E-state index in [9.17, 15) is 0 Å². The van der Waals surface area contributed by atoms with Crippen molar-refractivity contribution in [3.63, 3.8) is 0 Å². The first-order valence-corrected chi connectivity index (χ1v) is 7.71. The van der Waals surface area contributed by atoms with Gasteiger partial charge in [0.1, 0.15) is 5.75 Å². The third-order valence-corrected chi connectivity index (χ3v) is 4.28. The molecule has 1 saturated heterocycles. The number of piperidine rings is 1. The van der Waals surface area contributed by atoms with Crippen LogP contribution in [0.15, 0.2) is 24.3 Å². The molecule has 1 aliphatic heterocycles. The molecule has 2 rings (SSSR count). The third kappa shape index (κ3) is 4.22. The lowest BCUT2D eigenvalue weighted by Crippen LogP contribution is -2.40. The lowest BCUT2D eigenvalue weighted by molar-refractivity contribution is 0.127. The minimum absolute atomic E-state index is 0.0897. The number of nitrogens with two attached hydrogens (primary N) is 1. The number of rotatable bonds is 5. The van der Waals surface area contributed by atoms with Crippen molar-refractivity contribution < 1.29 is 4.74 Å². The Morgan fingerprint density at radius 1 is 1.20 bits per heavy atom. The van der Waals surface area contributed by atoms with E-state index in [1.54, 1.807) is 0 Å². The molecule has 1 atom stereocenters. The van der Waals surface area contributed by atoms with Crippen molar-refractivity contribution in [1.29, 1.82) is 0 Å².